The number of hydrogen-bond acceptors (Lipinski definition) is 0. The maximum absolute atomic E-state index is 2.46. The third kappa shape index (κ3) is 2.48. The second-order valence-corrected chi connectivity index (χ2v) is 10.7. The van der Waals surface area contributed by atoms with Crippen LogP contribution >= 0.6 is 0 Å². The summed E-state index contributed by atoms with van der Waals surface area (Å²) in [5.74, 6) is 0. The van der Waals surface area contributed by atoms with Crippen LogP contribution in [0.25, 0.3) is 12.2 Å². The first kappa shape index (κ1) is 16.6. The minimum atomic E-state index is -0.630. The SMILES string of the molecule is CC[Si](C1C(C)=Cc2c(C)cccc21)C1C(C)=Cc2c(C)cccc21. The Labute approximate surface area is 153 Å². The third-order valence-corrected chi connectivity index (χ3v) is 9.97. The molecule has 0 aromatic heterocycles. The molecule has 25 heavy (non-hydrogen) atoms. The molecule has 4 rings (SSSR count). The molecule has 1 radical (unpaired) electrons. The molecule has 2 aromatic carbocycles. The first-order valence-corrected chi connectivity index (χ1v) is 11.3. The fraction of sp³-hybridized carbons (Fsp3) is 0.333. The summed E-state index contributed by atoms with van der Waals surface area (Å²) in [4.78, 5) is 0. The standard InChI is InChI=1S/C24H27Si/c1-6-25(23-17(4)13-21-15(2)9-7-11-19(21)23)24-18(5)14-22-16(3)10-8-12-20(22)24/h7-14,23-24H,6H2,1-5H3. The molecule has 0 bridgehead atoms. The van der Waals surface area contributed by atoms with Crippen molar-refractivity contribution in [1.29, 1.82) is 0 Å². The third-order valence-electron chi connectivity index (χ3n) is 6.14. The molecule has 0 saturated carbocycles. The van der Waals surface area contributed by atoms with E-state index in [0.717, 1.165) is 0 Å². The van der Waals surface area contributed by atoms with Gasteiger partial charge in [-0.3, -0.25) is 0 Å². The number of hydrogen-bond donors (Lipinski definition) is 0. The second kappa shape index (κ2) is 6.14. The van der Waals surface area contributed by atoms with Gasteiger partial charge in [-0.25, -0.2) is 0 Å². The zero-order valence-corrected chi connectivity index (χ0v) is 17.0. The molecule has 127 valence electrons. The van der Waals surface area contributed by atoms with Gasteiger partial charge in [-0.2, -0.15) is 0 Å². The Balaban J connectivity index is 1.82. The van der Waals surface area contributed by atoms with Crippen LogP contribution in [0.2, 0.25) is 6.04 Å². The molecule has 0 aliphatic heterocycles. The van der Waals surface area contributed by atoms with Gasteiger partial charge in [0.25, 0.3) is 0 Å². The number of benzene rings is 2. The van der Waals surface area contributed by atoms with Gasteiger partial charge in [0.2, 0.25) is 0 Å². The van der Waals surface area contributed by atoms with Crippen molar-refractivity contribution in [1.82, 2.24) is 0 Å². The summed E-state index contributed by atoms with van der Waals surface area (Å²) >= 11 is 0. The van der Waals surface area contributed by atoms with Crippen LogP contribution in [0.4, 0.5) is 0 Å². The predicted octanol–water partition coefficient (Wildman–Crippen LogP) is 6.60. The number of aryl methyl sites for hydroxylation is 2. The molecule has 0 spiro atoms. The van der Waals surface area contributed by atoms with Crippen molar-refractivity contribution < 1.29 is 0 Å². The fourth-order valence-electron chi connectivity index (χ4n) is 4.98. The highest BCUT2D eigenvalue weighted by Gasteiger charge is 2.39. The monoisotopic (exact) mass is 343 g/mol. The Hall–Kier alpha value is -1.86. The van der Waals surface area contributed by atoms with E-state index in [-0.39, 0.29) is 0 Å². The zero-order valence-electron chi connectivity index (χ0n) is 16.0. The molecule has 2 aliphatic carbocycles. The lowest BCUT2D eigenvalue weighted by atomic mass is 10.0. The fourth-order valence-corrected chi connectivity index (χ4v) is 8.76. The van der Waals surface area contributed by atoms with Gasteiger partial charge in [0.05, 0.1) is 8.80 Å². The van der Waals surface area contributed by atoms with Gasteiger partial charge in [0.15, 0.2) is 0 Å². The normalized spacial score (nSPS) is 21.2. The second-order valence-electron chi connectivity index (χ2n) is 7.73. The largest absolute Gasteiger partial charge is 0.0747 e. The highest BCUT2D eigenvalue weighted by Crippen LogP contribution is 2.48. The number of fused-ring (bicyclic) bond motifs is 2. The summed E-state index contributed by atoms with van der Waals surface area (Å²) in [6, 6.07) is 15.1. The summed E-state index contributed by atoms with van der Waals surface area (Å²) in [5, 5.41) is 0. The summed E-state index contributed by atoms with van der Waals surface area (Å²) in [7, 11) is -0.630. The van der Waals surface area contributed by atoms with Crippen LogP contribution in [0.15, 0.2) is 47.5 Å². The molecule has 0 heterocycles. The van der Waals surface area contributed by atoms with Crippen LogP contribution < -0.4 is 0 Å². The van der Waals surface area contributed by atoms with Crippen molar-refractivity contribution >= 4 is 20.9 Å². The van der Waals surface area contributed by atoms with Gasteiger partial charge in [0.1, 0.15) is 0 Å². The van der Waals surface area contributed by atoms with Crippen molar-refractivity contribution in [3.8, 4) is 0 Å². The zero-order chi connectivity index (χ0) is 17.7. The van der Waals surface area contributed by atoms with Crippen LogP contribution in [0.3, 0.4) is 0 Å². The van der Waals surface area contributed by atoms with Crippen LogP contribution in [0.1, 0.15) is 65.2 Å². The molecule has 1 heteroatoms. The topological polar surface area (TPSA) is 0 Å². The van der Waals surface area contributed by atoms with E-state index in [2.05, 4.69) is 83.2 Å². The summed E-state index contributed by atoms with van der Waals surface area (Å²) < 4.78 is 0. The molecule has 0 saturated heterocycles. The van der Waals surface area contributed by atoms with E-state index in [1.165, 1.54) is 28.3 Å². The molecule has 0 fully saturated rings. The molecular weight excluding hydrogens is 316 g/mol. The van der Waals surface area contributed by atoms with Gasteiger partial charge >= 0.3 is 0 Å². The molecule has 2 atom stereocenters. The van der Waals surface area contributed by atoms with Crippen molar-refractivity contribution in [3.63, 3.8) is 0 Å². The van der Waals surface area contributed by atoms with Crippen molar-refractivity contribution in [2.75, 3.05) is 0 Å². The van der Waals surface area contributed by atoms with E-state index >= 15 is 0 Å². The average Bonchev–Trinajstić information content (AvgIpc) is 3.09. The van der Waals surface area contributed by atoms with Crippen LogP contribution in [-0.2, 0) is 0 Å². The molecular formula is C24H27Si. The van der Waals surface area contributed by atoms with E-state index < -0.39 is 8.80 Å². The number of rotatable bonds is 3. The number of allylic oxidation sites excluding steroid dienone is 2. The highest BCUT2D eigenvalue weighted by molar-refractivity contribution is 6.64. The molecule has 0 nitrogen and oxygen atoms in total. The lowest BCUT2D eigenvalue weighted by Crippen LogP contribution is -2.31. The van der Waals surface area contributed by atoms with E-state index in [0.29, 0.717) is 11.1 Å². The predicted molar refractivity (Wildman–Crippen MR) is 111 cm³/mol. The van der Waals surface area contributed by atoms with E-state index in [1.54, 1.807) is 22.3 Å². The maximum Gasteiger partial charge on any atom is 0.0747 e. The molecule has 2 unspecified atom stereocenters. The Morgan fingerprint density at radius 1 is 0.720 bits per heavy atom. The van der Waals surface area contributed by atoms with E-state index in [4.69, 9.17) is 0 Å². The van der Waals surface area contributed by atoms with Crippen LogP contribution in [0.5, 0.6) is 0 Å². The van der Waals surface area contributed by atoms with Crippen LogP contribution in [-0.4, -0.2) is 8.80 Å². The summed E-state index contributed by atoms with van der Waals surface area (Å²) in [5.41, 5.74) is 13.4. The minimum absolute atomic E-state index is 0.630. The molecule has 0 amide bonds. The van der Waals surface area contributed by atoms with Gasteiger partial charge in [-0.15, -0.1) is 0 Å². The minimum Gasteiger partial charge on any atom is -0.0681 e. The smallest absolute Gasteiger partial charge is 0.0681 e. The molecule has 2 aliphatic rings. The van der Waals surface area contributed by atoms with Crippen LogP contribution in [0, 0.1) is 13.8 Å². The lowest BCUT2D eigenvalue weighted by Gasteiger charge is -2.31. The van der Waals surface area contributed by atoms with Gasteiger partial charge in [0, 0.05) is 0 Å². The van der Waals surface area contributed by atoms with E-state index in [1.807, 2.05) is 0 Å². The molecule has 2 aromatic rings. The Bertz CT molecular complexity index is 827. The first-order valence-electron chi connectivity index (χ1n) is 9.44. The average molecular weight is 344 g/mol. The lowest BCUT2D eigenvalue weighted by molar-refractivity contribution is 0.981. The van der Waals surface area contributed by atoms with E-state index in [9.17, 15) is 0 Å². The molecule has 0 N–H and O–H groups in total. The van der Waals surface area contributed by atoms with Crippen molar-refractivity contribution in [2.24, 2.45) is 0 Å². The van der Waals surface area contributed by atoms with Gasteiger partial charge < -0.3 is 0 Å². The van der Waals surface area contributed by atoms with Gasteiger partial charge in [-0.05, 0) is 72.2 Å². The quantitative estimate of drug-likeness (QED) is 0.551. The Morgan fingerprint density at radius 2 is 1.16 bits per heavy atom. The maximum atomic E-state index is 2.46. The Kier molecular flexibility index (Phi) is 4.08. The highest BCUT2D eigenvalue weighted by atomic mass is 28.3. The summed E-state index contributed by atoms with van der Waals surface area (Å²) in [6.07, 6.45) is 4.92. The first-order chi connectivity index (χ1) is 12.0. The summed E-state index contributed by atoms with van der Waals surface area (Å²) in [6.45, 7) is 11.6. The van der Waals surface area contributed by atoms with Crippen molar-refractivity contribution in [2.45, 2.75) is 51.7 Å². The van der Waals surface area contributed by atoms with Gasteiger partial charge in [-0.1, -0.05) is 72.7 Å². The Morgan fingerprint density at radius 3 is 1.56 bits per heavy atom. The van der Waals surface area contributed by atoms with Crippen molar-refractivity contribution in [3.05, 3.63) is 80.9 Å².